The molecule has 4 heterocycles. The summed E-state index contributed by atoms with van der Waals surface area (Å²) in [6, 6.07) is 8.36. The molecule has 0 radical (unpaired) electrons. The van der Waals surface area contributed by atoms with Crippen molar-refractivity contribution in [2.24, 2.45) is 11.8 Å². The number of aromatic nitrogens is 1. The highest BCUT2D eigenvalue weighted by Gasteiger charge is 2.46. The van der Waals surface area contributed by atoms with Crippen molar-refractivity contribution >= 4 is 10.9 Å². The number of methoxy groups -OCH3 is 1. The number of benzene rings is 1. The molecule has 24 heavy (non-hydrogen) atoms. The summed E-state index contributed by atoms with van der Waals surface area (Å²) in [5, 5.41) is 1.22. The Morgan fingerprint density at radius 2 is 2.29 bits per heavy atom. The zero-order valence-electron chi connectivity index (χ0n) is 14.7. The van der Waals surface area contributed by atoms with Crippen LogP contribution < -0.4 is 4.74 Å². The van der Waals surface area contributed by atoms with E-state index in [1.807, 2.05) is 12.3 Å². The third-order valence-electron chi connectivity index (χ3n) is 6.18. The van der Waals surface area contributed by atoms with Crippen LogP contribution in [0.4, 0.5) is 0 Å². The van der Waals surface area contributed by atoms with Crippen LogP contribution in [0, 0.1) is 11.8 Å². The minimum Gasteiger partial charge on any atom is -0.497 e. The average Bonchev–Trinajstić information content (AvgIpc) is 2.61. The van der Waals surface area contributed by atoms with Crippen LogP contribution >= 0.6 is 0 Å². The van der Waals surface area contributed by atoms with Gasteiger partial charge in [0.05, 0.1) is 12.6 Å². The van der Waals surface area contributed by atoms with Crippen molar-refractivity contribution in [2.45, 2.75) is 31.7 Å². The van der Waals surface area contributed by atoms with E-state index >= 15 is 0 Å². The first kappa shape index (κ1) is 15.6. The van der Waals surface area contributed by atoms with Crippen molar-refractivity contribution < 1.29 is 4.74 Å². The molecule has 0 spiro atoms. The van der Waals surface area contributed by atoms with E-state index in [-0.39, 0.29) is 5.54 Å². The monoisotopic (exact) mass is 322 g/mol. The topological polar surface area (TPSA) is 25.4 Å². The summed E-state index contributed by atoms with van der Waals surface area (Å²) in [5.41, 5.74) is 2.67. The van der Waals surface area contributed by atoms with Crippen molar-refractivity contribution in [3.63, 3.8) is 0 Å². The van der Waals surface area contributed by atoms with Crippen LogP contribution in [0.5, 0.6) is 5.75 Å². The van der Waals surface area contributed by atoms with Crippen molar-refractivity contribution in [3.05, 3.63) is 48.7 Å². The molecule has 1 aromatic heterocycles. The molecule has 0 N–H and O–H groups in total. The predicted molar refractivity (Wildman–Crippen MR) is 98.4 cm³/mol. The Hall–Kier alpha value is -1.87. The minimum atomic E-state index is 0.236. The fourth-order valence-electron chi connectivity index (χ4n) is 4.79. The Balaban J connectivity index is 1.68. The molecule has 4 unspecified atom stereocenters. The Morgan fingerprint density at radius 1 is 1.42 bits per heavy atom. The third kappa shape index (κ3) is 2.51. The van der Waals surface area contributed by atoms with Crippen LogP contribution in [0.2, 0.25) is 0 Å². The van der Waals surface area contributed by atoms with Gasteiger partial charge in [-0.15, -0.1) is 6.58 Å². The van der Waals surface area contributed by atoms with Gasteiger partial charge in [0.1, 0.15) is 5.75 Å². The van der Waals surface area contributed by atoms with Gasteiger partial charge in [0.15, 0.2) is 0 Å². The molecule has 3 heteroatoms. The van der Waals surface area contributed by atoms with Gasteiger partial charge in [-0.05, 0) is 74.4 Å². The second kappa shape index (κ2) is 5.89. The summed E-state index contributed by atoms with van der Waals surface area (Å²) in [4.78, 5) is 7.21. The van der Waals surface area contributed by atoms with Gasteiger partial charge in [0.25, 0.3) is 0 Å². The molecule has 3 nitrogen and oxygen atoms in total. The molecule has 3 saturated heterocycles. The quantitative estimate of drug-likeness (QED) is 0.793. The number of hydrogen-bond donors (Lipinski definition) is 0. The number of pyridine rings is 1. The molecule has 3 aliphatic heterocycles. The second-order valence-corrected chi connectivity index (χ2v) is 7.63. The largest absolute Gasteiger partial charge is 0.497 e. The lowest BCUT2D eigenvalue weighted by atomic mass is 9.68. The maximum absolute atomic E-state index is 5.42. The summed E-state index contributed by atoms with van der Waals surface area (Å²) in [6.45, 7) is 8.87. The SMILES string of the molecule is C=CC1CN2CCC1CC2(C)Cc1ccnc2ccc(OC)cc12. The molecular weight excluding hydrogens is 296 g/mol. The van der Waals surface area contributed by atoms with Crippen molar-refractivity contribution in [1.82, 2.24) is 9.88 Å². The van der Waals surface area contributed by atoms with Crippen molar-refractivity contribution in [2.75, 3.05) is 20.2 Å². The normalized spacial score (nSPS) is 32.0. The maximum atomic E-state index is 5.42. The van der Waals surface area contributed by atoms with Gasteiger partial charge >= 0.3 is 0 Å². The lowest BCUT2D eigenvalue weighted by molar-refractivity contribution is -0.0412. The maximum Gasteiger partial charge on any atom is 0.119 e. The molecule has 126 valence electrons. The standard InChI is InChI=1S/C21H26N2O/c1-4-15-14-23-10-8-16(15)12-21(23,2)13-17-7-9-22-20-6-5-18(24-3)11-19(17)20/h4-7,9,11,15-16H,1,8,10,12-14H2,2-3H3. The zero-order valence-corrected chi connectivity index (χ0v) is 14.7. The van der Waals surface area contributed by atoms with E-state index in [4.69, 9.17) is 4.74 Å². The van der Waals surface area contributed by atoms with Crippen molar-refractivity contribution in [3.8, 4) is 5.75 Å². The number of hydrogen-bond acceptors (Lipinski definition) is 3. The molecule has 0 saturated carbocycles. The van der Waals surface area contributed by atoms with Gasteiger partial charge < -0.3 is 4.74 Å². The Bertz CT molecular complexity index is 772. The average molecular weight is 322 g/mol. The second-order valence-electron chi connectivity index (χ2n) is 7.63. The summed E-state index contributed by atoms with van der Waals surface area (Å²) in [5.74, 6) is 2.36. The molecule has 2 bridgehead atoms. The lowest BCUT2D eigenvalue weighted by Crippen LogP contribution is -2.60. The number of fused-ring (bicyclic) bond motifs is 4. The Kier molecular flexibility index (Phi) is 3.84. The van der Waals surface area contributed by atoms with Gasteiger partial charge in [-0.2, -0.15) is 0 Å². The smallest absolute Gasteiger partial charge is 0.119 e. The molecule has 2 aromatic rings. The van der Waals surface area contributed by atoms with E-state index < -0.39 is 0 Å². The molecule has 1 aromatic carbocycles. The summed E-state index contributed by atoms with van der Waals surface area (Å²) < 4.78 is 5.42. The summed E-state index contributed by atoms with van der Waals surface area (Å²) >= 11 is 0. The fourth-order valence-corrected chi connectivity index (χ4v) is 4.79. The number of piperidine rings is 3. The van der Waals surface area contributed by atoms with Crippen LogP contribution in [0.1, 0.15) is 25.3 Å². The van der Waals surface area contributed by atoms with Crippen LogP contribution in [0.15, 0.2) is 43.1 Å². The van der Waals surface area contributed by atoms with Gasteiger partial charge in [0, 0.05) is 23.7 Å². The first-order valence-corrected chi connectivity index (χ1v) is 8.92. The minimum absolute atomic E-state index is 0.236. The number of rotatable bonds is 4. The first-order valence-electron chi connectivity index (χ1n) is 8.92. The predicted octanol–water partition coefficient (Wildman–Crippen LogP) is 4.07. The highest BCUT2D eigenvalue weighted by Crippen LogP contribution is 2.44. The summed E-state index contributed by atoms with van der Waals surface area (Å²) in [7, 11) is 1.72. The van der Waals surface area contributed by atoms with E-state index in [2.05, 4.69) is 47.7 Å². The van der Waals surface area contributed by atoms with E-state index in [0.29, 0.717) is 5.92 Å². The highest BCUT2D eigenvalue weighted by molar-refractivity contribution is 5.83. The van der Waals surface area contributed by atoms with Crippen molar-refractivity contribution in [1.29, 1.82) is 0 Å². The van der Waals surface area contributed by atoms with Crippen LogP contribution in [-0.2, 0) is 6.42 Å². The zero-order chi connectivity index (χ0) is 16.7. The van der Waals surface area contributed by atoms with Gasteiger partial charge in [-0.25, -0.2) is 0 Å². The Labute approximate surface area is 144 Å². The Morgan fingerprint density at radius 3 is 3.00 bits per heavy atom. The first-order chi connectivity index (χ1) is 11.6. The molecular formula is C21H26N2O. The van der Waals surface area contributed by atoms with Crippen LogP contribution in [0.25, 0.3) is 10.9 Å². The number of nitrogens with zero attached hydrogens (tertiary/aromatic N) is 2. The molecule has 5 rings (SSSR count). The van der Waals surface area contributed by atoms with Crippen LogP contribution in [0.3, 0.4) is 0 Å². The molecule has 3 aliphatic rings. The van der Waals surface area contributed by atoms with E-state index in [0.717, 1.165) is 30.1 Å². The van der Waals surface area contributed by atoms with Gasteiger partial charge in [-0.1, -0.05) is 6.08 Å². The third-order valence-corrected chi connectivity index (χ3v) is 6.18. The number of ether oxygens (including phenoxy) is 1. The molecule has 3 fully saturated rings. The highest BCUT2D eigenvalue weighted by atomic mass is 16.5. The van der Waals surface area contributed by atoms with E-state index in [1.165, 1.54) is 30.3 Å². The van der Waals surface area contributed by atoms with Gasteiger partial charge in [-0.3, -0.25) is 9.88 Å². The van der Waals surface area contributed by atoms with Crippen LogP contribution in [-0.4, -0.2) is 35.6 Å². The molecule has 0 amide bonds. The van der Waals surface area contributed by atoms with E-state index in [1.54, 1.807) is 7.11 Å². The summed E-state index contributed by atoms with van der Waals surface area (Å²) in [6.07, 6.45) is 7.76. The molecule has 4 atom stereocenters. The van der Waals surface area contributed by atoms with E-state index in [9.17, 15) is 0 Å². The fraction of sp³-hybridized carbons (Fsp3) is 0.476. The molecule has 0 aliphatic carbocycles. The lowest BCUT2D eigenvalue weighted by Gasteiger charge is -2.56. The van der Waals surface area contributed by atoms with Gasteiger partial charge in [0.2, 0.25) is 0 Å².